The SMILES string of the molecule is CC(C)(C)CN(Cc1cc(-c2cccnc2F)n(S(=O)(=O)c2nccs2)c1)C(=O)O.CNCc1cc(-c2cccnc2F)n(S(=O)(=O)c2nccs2)c1.Cl. The lowest BCUT2D eigenvalue weighted by Gasteiger charge is -2.27. The average Bonchev–Trinajstić information content (AvgIpc) is 3.92. The maximum atomic E-state index is 14.4. The van der Waals surface area contributed by atoms with Gasteiger partial charge in [-0.1, -0.05) is 20.8 Å². The number of rotatable bonds is 11. The van der Waals surface area contributed by atoms with Crippen LogP contribution in [0.3, 0.4) is 0 Å². The first-order valence-corrected chi connectivity index (χ1v) is 20.2. The van der Waals surface area contributed by atoms with Crippen LogP contribution >= 0.6 is 35.1 Å². The summed E-state index contributed by atoms with van der Waals surface area (Å²) in [4.78, 5) is 27.8. The Morgan fingerprint density at radius 2 is 1.28 bits per heavy atom. The van der Waals surface area contributed by atoms with E-state index >= 15 is 0 Å². The van der Waals surface area contributed by atoms with Crippen LogP contribution in [-0.2, 0) is 33.1 Å². The molecule has 0 aliphatic rings. The van der Waals surface area contributed by atoms with Gasteiger partial charge in [-0.2, -0.15) is 25.6 Å². The number of hydrogen-bond acceptors (Lipinski definition) is 12. The minimum Gasteiger partial charge on any atom is -0.465 e. The van der Waals surface area contributed by atoms with Crippen LogP contribution in [0.1, 0.15) is 31.9 Å². The molecule has 0 aliphatic carbocycles. The summed E-state index contributed by atoms with van der Waals surface area (Å²) < 4.78 is 81.9. The molecule has 0 bridgehead atoms. The molecule has 0 unspecified atom stereocenters. The fourth-order valence-corrected chi connectivity index (χ4v) is 9.75. The zero-order chi connectivity index (χ0) is 38.6. The molecule has 0 radical (unpaired) electrons. The quantitative estimate of drug-likeness (QED) is 0.137. The van der Waals surface area contributed by atoms with Gasteiger partial charge in [0, 0.05) is 61.0 Å². The molecule has 0 saturated heterocycles. The largest absolute Gasteiger partial charge is 0.465 e. The second-order valence-corrected chi connectivity index (χ2v) is 18.3. The fourth-order valence-electron chi connectivity index (χ4n) is 5.15. The van der Waals surface area contributed by atoms with E-state index in [0.717, 1.165) is 30.6 Å². The number of aromatic nitrogens is 6. The Balaban J connectivity index is 0.000000244. The minimum absolute atomic E-state index is 0. The minimum atomic E-state index is -4.10. The summed E-state index contributed by atoms with van der Waals surface area (Å²) in [5, 5.41) is 15.6. The normalized spacial score (nSPS) is 11.7. The van der Waals surface area contributed by atoms with Gasteiger partial charge >= 0.3 is 6.09 Å². The third-order valence-electron chi connectivity index (χ3n) is 7.22. The van der Waals surface area contributed by atoms with Crippen molar-refractivity contribution in [2.75, 3.05) is 13.6 Å². The third-order valence-corrected chi connectivity index (χ3v) is 12.9. The highest BCUT2D eigenvalue weighted by molar-refractivity contribution is 7.92. The number of amides is 1. The molecule has 6 rings (SSSR count). The molecule has 0 fully saturated rings. The molecule has 1 amide bonds. The third kappa shape index (κ3) is 9.54. The lowest BCUT2D eigenvalue weighted by atomic mass is 9.96. The van der Waals surface area contributed by atoms with E-state index in [4.69, 9.17) is 0 Å². The van der Waals surface area contributed by atoms with Crippen LogP contribution in [0, 0.1) is 17.3 Å². The van der Waals surface area contributed by atoms with Crippen molar-refractivity contribution in [2.45, 2.75) is 42.5 Å². The summed E-state index contributed by atoms with van der Waals surface area (Å²) in [6.07, 6.45) is 7.00. The first-order chi connectivity index (χ1) is 25.0. The first-order valence-electron chi connectivity index (χ1n) is 15.6. The highest BCUT2D eigenvalue weighted by Gasteiger charge is 2.28. The average molecular weight is 841 g/mol. The molecular formula is C33H35ClF2N8O6S4. The highest BCUT2D eigenvalue weighted by atomic mass is 35.5. The second kappa shape index (κ2) is 17.2. The number of pyridine rings is 2. The molecule has 0 saturated carbocycles. The predicted molar refractivity (Wildman–Crippen MR) is 203 cm³/mol. The highest BCUT2D eigenvalue weighted by Crippen LogP contribution is 2.31. The number of nitrogens with zero attached hydrogens (tertiary/aromatic N) is 7. The van der Waals surface area contributed by atoms with Gasteiger partial charge < -0.3 is 15.3 Å². The molecule has 6 heterocycles. The van der Waals surface area contributed by atoms with Crippen molar-refractivity contribution in [3.8, 4) is 22.5 Å². The van der Waals surface area contributed by atoms with E-state index in [0.29, 0.717) is 17.7 Å². The number of halogens is 3. The summed E-state index contributed by atoms with van der Waals surface area (Å²) >= 11 is 1.95. The number of carboxylic acid groups (broad SMARTS) is 1. The van der Waals surface area contributed by atoms with E-state index in [1.807, 2.05) is 20.8 Å². The summed E-state index contributed by atoms with van der Waals surface area (Å²) in [6.45, 7) is 6.34. The van der Waals surface area contributed by atoms with Gasteiger partial charge in [0.2, 0.25) is 20.6 Å². The topological polar surface area (TPSA) is 182 Å². The van der Waals surface area contributed by atoms with Crippen LogP contribution in [0.25, 0.3) is 22.5 Å². The van der Waals surface area contributed by atoms with E-state index < -0.39 is 38.0 Å². The first kappa shape index (κ1) is 42.1. The van der Waals surface area contributed by atoms with Crippen molar-refractivity contribution >= 4 is 61.2 Å². The monoisotopic (exact) mass is 840 g/mol. The van der Waals surface area contributed by atoms with E-state index in [1.165, 1.54) is 71.7 Å². The van der Waals surface area contributed by atoms with E-state index in [1.54, 1.807) is 24.6 Å². The molecule has 288 valence electrons. The Bertz CT molecular complexity index is 2420. The van der Waals surface area contributed by atoms with Crippen molar-refractivity contribution < 1.29 is 35.5 Å². The zero-order valence-electron chi connectivity index (χ0n) is 29.1. The Kier molecular flexibility index (Phi) is 13.5. The fraction of sp³-hybridized carbons (Fsp3) is 0.242. The summed E-state index contributed by atoms with van der Waals surface area (Å²) in [5.74, 6) is -1.56. The van der Waals surface area contributed by atoms with Gasteiger partial charge in [0.25, 0.3) is 20.0 Å². The van der Waals surface area contributed by atoms with E-state index in [-0.39, 0.29) is 62.1 Å². The van der Waals surface area contributed by atoms with Gasteiger partial charge in [-0.3, -0.25) is 0 Å². The number of thiazole rings is 2. The van der Waals surface area contributed by atoms with Crippen molar-refractivity contribution in [3.63, 3.8) is 0 Å². The molecule has 6 aromatic heterocycles. The van der Waals surface area contributed by atoms with Crippen molar-refractivity contribution in [1.29, 1.82) is 0 Å². The smallest absolute Gasteiger partial charge is 0.407 e. The standard InChI is InChI=1S/C19H21FN4O4S2.C14H13FN4O2S2.ClH/c1-19(2,3)12-23(18(25)26)10-13-9-15(14-5-4-6-21-16(14)20)24(11-13)30(27,28)17-22-7-8-29-17;1-16-8-10-7-12(11-3-2-4-17-13(11)15)19(9-10)23(20,21)14-18-5-6-22-14;/h4-9,11H,10,12H2,1-3H3,(H,25,26);2-7,9,16H,8H2,1H3;1H. The number of hydrogen-bond donors (Lipinski definition) is 2. The molecule has 21 heteroatoms. The lowest BCUT2D eigenvalue weighted by Crippen LogP contribution is -2.36. The molecule has 2 N–H and O–H groups in total. The molecular weight excluding hydrogens is 806 g/mol. The van der Waals surface area contributed by atoms with Crippen molar-refractivity contribution in [2.24, 2.45) is 5.41 Å². The van der Waals surface area contributed by atoms with E-state index in [9.17, 15) is 35.5 Å². The molecule has 0 atom stereocenters. The van der Waals surface area contributed by atoms with Crippen LogP contribution in [0.4, 0.5) is 13.6 Å². The molecule has 6 aromatic rings. The Morgan fingerprint density at radius 1 is 0.815 bits per heavy atom. The Labute approximate surface area is 324 Å². The summed E-state index contributed by atoms with van der Waals surface area (Å²) in [5.41, 5.74) is 1.19. The maximum Gasteiger partial charge on any atom is 0.407 e. The van der Waals surface area contributed by atoms with Crippen LogP contribution in [-0.4, -0.2) is 74.4 Å². The van der Waals surface area contributed by atoms with Crippen LogP contribution in [0.5, 0.6) is 0 Å². The van der Waals surface area contributed by atoms with Gasteiger partial charge in [-0.05, 0) is 60.0 Å². The summed E-state index contributed by atoms with van der Waals surface area (Å²) in [6, 6.07) is 9.05. The molecule has 0 aliphatic heterocycles. The maximum absolute atomic E-state index is 14.4. The van der Waals surface area contributed by atoms with Crippen LogP contribution in [0.2, 0.25) is 0 Å². The molecule has 14 nitrogen and oxygen atoms in total. The Hall–Kier alpha value is -4.60. The number of carbonyl (C=O) groups is 1. The predicted octanol–water partition coefficient (Wildman–Crippen LogP) is 6.43. The molecule has 54 heavy (non-hydrogen) atoms. The van der Waals surface area contributed by atoms with Crippen molar-refractivity contribution in [3.05, 3.63) is 107 Å². The van der Waals surface area contributed by atoms with Crippen LogP contribution < -0.4 is 5.32 Å². The van der Waals surface area contributed by atoms with Gasteiger partial charge in [0.1, 0.15) is 0 Å². The zero-order valence-corrected chi connectivity index (χ0v) is 33.2. The van der Waals surface area contributed by atoms with Crippen molar-refractivity contribution in [1.82, 2.24) is 38.1 Å². The number of nitrogens with one attached hydrogen (secondary N) is 1. The molecule has 0 aromatic carbocycles. The van der Waals surface area contributed by atoms with E-state index in [2.05, 4.69) is 25.3 Å². The van der Waals surface area contributed by atoms with Gasteiger partial charge in [0.15, 0.2) is 0 Å². The Morgan fingerprint density at radius 3 is 1.67 bits per heavy atom. The van der Waals surface area contributed by atoms with Gasteiger partial charge in [-0.25, -0.2) is 32.7 Å². The summed E-state index contributed by atoms with van der Waals surface area (Å²) in [7, 11) is -6.24. The van der Waals surface area contributed by atoms with Gasteiger partial charge in [0.05, 0.1) is 29.1 Å². The molecule has 0 spiro atoms. The second-order valence-electron chi connectivity index (χ2n) is 12.6. The lowest BCUT2D eigenvalue weighted by molar-refractivity contribution is 0.123. The van der Waals surface area contributed by atoms with Crippen LogP contribution in [0.15, 0.2) is 93.0 Å². The van der Waals surface area contributed by atoms with Gasteiger partial charge in [-0.15, -0.1) is 35.1 Å².